The molecule has 0 radical (unpaired) electrons. The lowest BCUT2D eigenvalue weighted by atomic mass is 10.2. The molecule has 2 amide bonds. The molecule has 116 valence electrons. The van der Waals surface area contributed by atoms with Crippen LogP contribution in [0.1, 0.15) is 22.2 Å². The lowest BCUT2D eigenvalue weighted by molar-refractivity contribution is -0.132. The zero-order valence-corrected chi connectivity index (χ0v) is 13.9. The highest BCUT2D eigenvalue weighted by molar-refractivity contribution is 7.09. The molecule has 0 aliphatic rings. The molecule has 0 saturated heterocycles. The Balaban J connectivity index is 1.96. The third-order valence-electron chi connectivity index (χ3n) is 3.19. The average Bonchev–Trinajstić information content (AvgIpc) is 2.99. The molecule has 0 aliphatic heterocycles. The Hall–Kier alpha value is -1.85. The number of likely N-dealkylation sites (N-methyl/N-ethyl adjacent to an activating group) is 1. The van der Waals surface area contributed by atoms with Gasteiger partial charge in [0.05, 0.1) is 17.1 Å². The zero-order chi connectivity index (χ0) is 16.1. The standard InChI is InChI=1S/C16H17ClN2O2S/c1-11(16(21)19(2)10-12-6-5-9-22-12)18-15(20)13-7-3-4-8-14(13)17/h3-9,11H,10H2,1-2H3,(H,18,20). The highest BCUT2D eigenvalue weighted by atomic mass is 35.5. The second kappa shape index (κ2) is 7.42. The van der Waals surface area contributed by atoms with E-state index in [1.165, 1.54) is 0 Å². The first-order valence-electron chi connectivity index (χ1n) is 6.82. The fourth-order valence-electron chi connectivity index (χ4n) is 2.03. The minimum atomic E-state index is -0.617. The predicted molar refractivity (Wildman–Crippen MR) is 89.2 cm³/mol. The van der Waals surface area contributed by atoms with Gasteiger partial charge in [-0.25, -0.2) is 0 Å². The van der Waals surface area contributed by atoms with Crippen molar-refractivity contribution >= 4 is 34.8 Å². The van der Waals surface area contributed by atoms with Crippen molar-refractivity contribution in [3.63, 3.8) is 0 Å². The van der Waals surface area contributed by atoms with Crippen molar-refractivity contribution in [3.8, 4) is 0 Å². The quantitative estimate of drug-likeness (QED) is 0.911. The minimum Gasteiger partial charge on any atom is -0.340 e. The van der Waals surface area contributed by atoms with E-state index in [4.69, 9.17) is 11.6 Å². The van der Waals surface area contributed by atoms with Crippen molar-refractivity contribution < 1.29 is 9.59 Å². The molecule has 0 spiro atoms. The van der Waals surface area contributed by atoms with Crippen LogP contribution in [0.4, 0.5) is 0 Å². The van der Waals surface area contributed by atoms with Gasteiger partial charge in [-0.3, -0.25) is 9.59 Å². The monoisotopic (exact) mass is 336 g/mol. The number of halogens is 1. The van der Waals surface area contributed by atoms with E-state index in [2.05, 4.69) is 5.32 Å². The maximum absolute atomic E-state index is 12.3. The molecule has 0 saturated carbocycles. The van der Waals surface area contributed by atoms with E-state index in [0.717, 1.165) is 4.88 Å². The summed E-state index contributed by atoms with van der Waals surface area (Å²) in [5.74, 6) is -0.496. The summed E-state index contributed by atoms with van der Waals surface area (Å²) in [7, 11) is 1.72. The van der Waals surface area contributed by atoms with Crippen LogP contribution in [-0.4, -0.2) is 29.8 Å². The van der Waals surface area contributed by atoms with Gasteiger partial charge in [-0.1, -0.05) is 29.8 Å². The normalized spacial score (nSPS) is 11.8. The number of nitrogens with one attached hydrogen (secondary N) is 1. The number of benzene rings is 1. The Morgan fingerprint density at radius 1 is 1.27 bits per heavy atom. The summed E-state index contributed by atoms with van der Waals surface area (Å²) >= 11 is 7.58. The lowest BCUT2D eigenvalue weighted by Gasteiger charge is -2.21. The molecule has 0 bridgehead atoms. The molecular formula is C16H17ClN2O2S. The minimum absolute atomic E-state index is 0.145. The van der Waals surface area contributed by atoms with E-state index in [0.29, 0.717) is 17.1 Å². The van der Waals surface area contributed by atoms with Crippen LogP contribution in [0.3, 0.4) is 0 Å². The van der Waals surface area contributed by atoms with E-state index < -0.39 is 6.04 Å². The van der Waals surface area contributed by atoms with Crippen LogP contribution < -0.4 is 5.32 Å². The molecule has 0 fully saturated rings. The first-order chi connectivity index (χ1) is 10.5. The van der Waals surface area contributed by atoms with Crippen molar-refractivity contribution in [2.24, 2.45) is 0 Å². The molecule has 1 unspecified atom stereocenters. The number of amides is 2. The summed E-state index contributed by atoms with van der Waals surface area (Å²) in [6, 6.07) is 10.1. The van der Waals surface area contributed by atoms with E-state index in [9.17, 15) is 9.59 Å². The number of hydrogen-bond donors (Lipinski definition) is 1. The number of carbonyl (C=O) groups is 2. The maximum atomic E-state index is 12.3. The van der Waals surface area contributed by atoms with Crippen LogP contribution in [-0.2, 0) is 11.3 Å². The third kappa shape index (κ3) is 4.08. The molecule has 6 heteroatoms. The maximum Gasteiger partial charge on any atom is 0.253 e. The molecule has 0 aliphatic carbocycles. The van der Waals surface area contributed by atoms with Gasteiger partial charge in [-0.2, -0.15) is 0 Å². The van der Waals surface area contributed by atoms with Crippen LogP contribution in [0.25, 0.3) is 0 Å². The van der Waals surface area contributed by atoms with Gasteiger partial charge < -0.3 is 10.2 Å². The predicted octanol–water partition coefficient (Wildman–Crippen LogP) is 3.18. The van der Waals surface area contributed by atoms with Gasteiger partial charge in [0.15, 0.2) is 0 Å². The van der Waals surface area contributed by atoms with E-state index in [1.54, 1.807) is 54.5 Å². The van der Waals surface area contributed by atoms with Gasteiger partial charge in [-0.15, -0.1) is 11.3 Å². The van der Waals surface area contributed by atoms with Crippen molar-refractivity contribution in [3.05, 3.63) is 57.2 Å². The molecule has 1 aromatic carbocycles. The molecule has 4 nitrogen and oxygen atoms in total. The molecule has 1 atom stereocenters. The number of carbonyl (C=O) groups excluding carboxylic acids is 2. The van der Waals surface area contributed by atoms with Gasteiger partial charge in [0, 0.05) is 11.9 Å². The molecule has 1 heterocycles. The van der Waals surface area contributed by atoms with E-state index in [-0.39, 0.29) is 11.8 Å². The topological polar surface area (TPSA) is 49.4 Å². The second-order valence-electron chi connectivity index (χ2n) is 4.95. The molecule has 1 N–H and O–H groups in total. The summed E-state index contributed by atoms with van der Waals surface area (Å²) in [5.41, 5.74) is 0.365. The Kier molecular flexibility index (Phi) is 5.57. The molecule has 2 aromatic rings. The SMILES string of the molecule is CC(NC(=O)c1ccccc1Cl)C(=O)N(C)Cc1cccs1. The highest BCUT2D eigenvalue weighted by Crippen LogP contribution is 2.15. The first kappa shape index (κ1) is 16.5. The summed E-state index contributed by atoms with van der Waals surface area (Å²) in [5, 5.41) is 5.02. The number of rotatable bonds is 5. The molecular weight excluding hydrogens is 320 g/mol. The summed E-state index contributed by atoms with van der Waals surface area (Å²) in [6.07, 6.45) is 0. The smallest absolute Gasteiger partial charge is 0.253 e. The van der Waals surface area contributed by atoms with Crippen LogP contribution >= 0.6 is 22.9 Å². The molecule has 22 heavy (non-hydrogen) atoms. The Bertz CT molecular complexity index is 658. The number of hydrogen-bond acceptors (Lipinski definition) is 3. The molecule has 2 rings (SSSR count). The van der Waals surface area contributed by atoms with Crippen LogP contribution in [0, 0.1) is 0 Å². The largest absolute Gasteiger partial charge is 0.340 e. The van der Waals surface area contributed by atoms with Crippen molar-refractivity contribution in [1.29, 1.82) is 0 Å². The first-order valence-corrected chi connectivity index (χ1v) is 8.07. The highest BCUT2D eigenvalue weighted by Gasteiger charge is 2.21. The average molecular weight is 337 g/mol. The Labute approximate surface area is 138 Å². The third-order valence-corrected chi connectivity index (χ3v) is 4.38. The van der Waals surface area contributed by atoms with Crippen LogP contribution in [0.15, 0.2) is 41.8 Å². The lowest BCUT2D eigenvalue weighted by Crippen LogP contribution is -2.45. The van der Waals surface area contributed by atoms with E-state index in [1.807, 2.05) is 17.5 Å². The van der Waals surface area contributed by atoms with Gasteiger partial charge in [0.1, 0.15) is 6.04 Å². The van der Waals surface area contributed by atoms with Crippen molar-refractivity contribution in [1.82, 2.24) is 10.2 Å². The number of nitrogens with zero attached hydrogens (tertiary/aromatic N) is 1. The summed E-state index contributed by atoms with van der Waals surface area (Å²) in [4.78, 5) is 27.2. The summed E-state index contributed by atoms with van der Waals surface area (Å²) in [6.45, 7) is 2.20. The van der Waals surface area contributed by atoms with Gasteiger partial charge in [0.2, 0.25) is 5.91 Å². The van der Waals surface area contributed by atoms with Gasteiger partial charge >= 0.3 is 0 Å². The van der Waals surface area contributed by atoms with E-state index >= 15 is 0 Å². The van der Waals surface area contributed by atoms with Gasteiger partial charge in [-0.05, 0) is 30.5 Å². The number of thiophene rings is 1. The van der Waals surface area contributed by atoms with Crippen LogP contribution in [0.5, 0.6) is 0 Å². The Morgan fingerprint density at radius 2 is 2.00 bits per heavy atom. The van der Waals surface area contributed by atoms with Crippen molar-refractivity contribution in [2.45, 2.75) is 19.5 Å². The summed E-state index contributed by atoms with van der Waals surface area (Å²) < 4.78 is 0. The fourth-order valence-corrected chi connectivity index (χ4v) is 3.01. The van der Waals surface area contributed by atoms with Gasteiger partial charge in [0.25, 0.3) is 5.91 Å². The second-order valence-corrected chi connectivity index (χ2v) is 6.39. The van der Waals surface area contributed by atoms with Crippen LogP contribution in [0.2, 0.25) is 5.02 Å². The Morgan fingerprint density at radius 3 is 2.64 bits per heavy atom. The molecule has 1 aromatic heterocycles. The zero-order valence-electron chi connectivity index (χ0n) is 12.4. The fraction of sp³-hybridized carbons (Fsp3) is 0.250. The van der Waals surface area contributed by atoms with Crippen molar-refractivity contribution in [2.75, 3.05) is 7.05 Å².